The van der Waals surface area contributed by atoms with Gasteiger partial charge < -0.3 is 10.2 Å². The Kier molecular flexibility index (Phi) is 5.28. The van der Waals surface area contributed by atoms with Crippen LogP contribution in [0.15, 0.2) is 60.7 Å². The molecule has 24 heavy (non-hydrogen) atoms. The lowest BCUT2D eigenvalue weighted by molar-refractivity contribution is -0.149. The highest BCUT2D eigenvalue weighted by Gasteiger charge is 2.41. The molecule has 1 aliphatic rings. The standard InChI is InChI=1S/C20H23NO3/c22-19(17-11-12-17)18(20(23)24)21(13-15-7-3-1-4-8-15)14-16-9-5-2-6-10-16/h1-10,17-19,22H,11-14H2,(H,23,24)/t18-,19+/m0/s1. The second-order valence-electron chi connectivity index (χ2n) is 6.49. The fourth-order valence-electron chi connectivity index (χ4n) is 3.10. The van der Waals surface area contributed by atoms with Crippen molar-refractivity contribution in [3.8, 4) is 0 Å². The Morgan fingerprint density at radius 3 is 1.79 bits per heavy atom. The molecule has 0 aliphatic heterocycles. The van der Waals surface area contributed by atoms with Crippen LogP contribution in [0.4, 0.5) is 0 Å². The molecule has 2 atom stereocenters. The van der Waals surface area contributed by atoms with Crippen molar-refractivity contribution in [2.45, 2.75) is 38.1 Å². The van der Waals surface area contributed by atoms with Crippen molar-refractivity contribution in [3.63, 3.8) is 0 Å². The van der Waals surface area contributed by atoms with Crippen LogP contribution in [-0.2, 0) is 17.9 Å². The van der Waals surface area contributed by atoms with Gasteiger partial charge in [-0.3, -0.25) is 9.69 Å². The van der Waals surface area contributed by atoms with Crippen LogP contribution in [0.1, 0.15) is 24.0 Å². The zero-order chi connectivity index (χ0) is 16.9. The zero-order valence-electron chi connectivity index (χ0n) is 13.6. The minimum atomic E-state index is -0.957. The molecule has 126 valence electrons. The number of benzene rings is 2. The summed E-state index contributed by atoms with van der Waals surface area (Å²) in [5.41, 5.74) is 2.09. The van der Waals surface area contributed by atoms with Crippen molar-refractivity contribution >= 4 is 5.97 Å². The molecule has 2 aromatic rings. The number of nitrogens with zero attached hydrogens (tertiary/aromatic N) is 1. The molecule has 3 rings (SSSR count). The summed E-state index contributed by atoms with van der Waals surface area (Å²) >= 11 is 0. The van der Waals surface area contributed by atoms with E-state index in [0.29, 0.717) is 13.1 Å². The van der Waals surface area contributed by atoms with Crippen molar-refractivity contribution in [2.75, 3.05) is 0 Å². The van der Waals surface area contributed by atoms with E-state index >= 15 is 0 Å². The van der Waals surface area contributed by atoms with E-state index in [1.54, 1.807) is 0 Å². The molecule has 4 heteroatoms. The molecular formula is C20H23NO3. The fraction of sp³-hybridized carbons (Fsp3) is 0.350. The maximum Gasteiger partial charge on any atom is 0.323 e. The average molecular weight is 325 g/mol. The van der Waals surface area contributed by atoms with Gasteiger partial charge >= 0.3 is 5.97 Å². The Morgan fingerprint density at radius 1 is 0.958 bits per heavy atom. The van der Waals surface area contributed by atoms with Gasteiger partial charge in [-0.25, -0.2) is 0 Å². The number of carboxylic acid groups (broad SMARTS) is 1. The van der Waals surface area contributed by atoms with E-state index in [2.05, 4.69) is 0 Å². The molecular weight excluding hydrogens is 302 g/mol. The Bertz CT molecular complexity index is 614. The van der Waals surface area contributed by atoms with Crippen molar-refractivity contribution in [2.24, 2.45) is 5.92 Å². The smallest absolute Gasteiger partial charge is 0.323 e. The summed E-state index contributed by atoms with van der Waals surface area (Å²) in [6.07, 6.45) is 1.00. The van der Waals surface area contributed by atoms with Gasteiger partial charge in [0.1, 0.15) is 6.04 Å². The predicted molar refractivity (Wildman–Crippen MR) is 92.3 cm³/mol. The minimum absolute atomic E-state index is 0.111. The molecule has 2 aromatic carbocycles. The largest absolute Gasteiger partial charge is 0.480 e. The monoisotopic (exact) mass is 325 g/mol. The summed E-state index contributed by atoms with van der Waals surface area (Å²) in [7, 11) is 0. The van der Waals surface area contributed by atoms with Gasteiger partial charge in [0, 0.05) is 13.1 Å². The van der Waals surface area contributed by atoms with Gasteiger partial charge in [0.05, 0.1) is 6.10 Å². The van der Waals surface area contributed by atoms with Crippen LogP contribution >= 0.6 is 0 Å². The van der Waals surface area contributed by atoms with Crippen molar-refractivity contribution in [3.05, 3.63) is 71.8 Å². The van der Waals surface area contributed by atoms with E-state index in [0.717, 1.165) is 24.0 Å². The number of hydrogen-bond donors (Lipinski definition) is 2. The first kappa shape index (κ1) is 16.7. The van der Waals surface area contributed by atoms with Crippen molar-refractivity contribution in [1.29, 1.82) is 0 Å². The molecule has 1 fully saturated rings. The zero-order valence-corrected chi connectivity index (χ0v) is 13.6. The third kappa shape index (κ3) is 4.22. The van der Waals surface area contributed by atoms with Crippen LogP contribution in [0.5, 0.6) is 0 Å². The van der Waals surface area contributed by atoms with Crippen molar-refractivity contribution < 1.29 is 15.0 Å². The first-order valence-corrected chi connectivity index (χ1v) is 8.38. The van der Waals surface area contributed by atoms with E-state index in [1.165, 1.54) is 0 Å². The van der Waals surface area contributed by atoms with E-state index in [4.69, 9.17) is 0 Å². The van der Waals surface area contributed by atoms with Gasteiger partial charge in [0.15, 0.2) is 0 Å². The second kappa shape index (κ2) is 7.60. The number of hydrogen-bond acceptors (Lipinski definition) is 3. The Labute approximate surface area is 142 Å². The average Bonchev–Trinajstić information content (AvgIpc) is 3.41. The van der Waals surface area contributed by atoms with Crippen LogP contribution in [0.2, 0.25) is 0 Å². The maximum absolute atomic E-state index is 11.9. The summed E-state index contributed by atoms with van der Waals surface area (Å²) in [5.74, 6) is -0.846. The highest BCUT2D eigenvalue weighted by atomic mass is 16.4. The lowest BCUT2D eigenvalue weighted by atomic mass is 10.0. The molecule has 0 radical (unpaired) electrons. The van der Waals surface area contributed by atoms with Crippen LogP contribution in [0, 0.1) is 5.92 Å². The van der Waals surface area contributed by atoms with Gasteiger partial charge in [-0.15, -0.1) is 0 Å². The fourth-order valence-corrected chi connectivity index (χ4v) is 3.10. The molecule has 0 saturated heterocycles. The molecule has 0 spiro atoms. The van der Waals surface area contributed by atoms with E-state index in [1.807, 2.05) is 65.6 Å². The first-order chi connectivity index (χ1) is 11.6. The van der Waals surface area contributed by atoms with Crippen LogP contribution in [0.3, 0.4) is 0 Å². The maximum atomic E-state index is 11.9. The molecule has 4 nitrogen and oxygen atoms in total. The molecule has 1 aliphatic carbocycles. The van der Waals surface area contributed by atoms with Crippen LogP contribution < -0.4 is 0 Å². The molecule has 0 amide bonds. The van der Waals surface area contributed by atoms with Gasteiger partial charge in [-0.2, -0.15) is 0 Å². The summed E-state index contributed by atoms with van der Waals surface area (Å²) < 4.78 is 0. The SMILES string of the molecule is O=C(O)[C@H]([C@H](O)C1CC1)N(Cc1ccccc1)Cc1ccccc1. The molecule has 0 aromatic heterocycles. The highest BCUT2D eigenvalue weighted by Crippen LogP contribution is 2.35. The molecule has 0 bridgehead atoms. The second-order valence-corrected chi connectivity index (χ2v) is 6.49. The van der Waals surface area contributed by atoms with Crippen LogP contribution in [-0.4, -0.2) is 33.2 Å². The normalized spacial score (nSPS) is 16.8. The molecule has 0 unspecified atom stereocenters. The Balaban J connectivity index is 1.85. The number of aliphatic hydroxyl groups is 1. The molecule has 1 saturated carbocycles. The van der Waals surface area contributed by atoms with Gasteiger partial charge in [0.25, 0.3) is 0 Å². The highest BCUT2D eigenvalue weighted by molar-refractivity contribution is 5.74. The van der Waals surface area contributed by atoms with Gasteiger partial charge in [-0.05, 0) is 29.9 Å². The summed E-state index contributed by atoms with van der Waals surface area (Å²) in [5, 5.41) is 20.3. The number of aliphatic hydroxyl groups excluding tert-OH is 1. The third-order valence-corrected chi connectivity index (χ3v) is 4.53. The summed E-state index contributed by atoms with van der Waals surface area (Å²) in [6.45, 7) is 0.993. The number of rotatable bonds is 8. The van der Waals surface area contributed by atoms with E-state index < -0.39 is 18.1 Å². The molecule has 2 N–H and O–H groups in total. The Morgan fingerprint density at radius 2 is 1.42 bits per heavy atom. The minimum Gasteiger partial charge on any atom is -0.480 e. The molecule has 0 heterocycles. The number of aliphatic carboxylic acids is 1. The van der Waals surface area contributed by atoms with Gasteiger partial charge in [0.2, 0.25) is 0 Å². The van der Waals surface area contributed by atoms with Crippen molar-refractivity contribution in [1.82, 2.24) is 4.90 Å². The quantitative estimate of drug-likeness (QED) is 0.783. The lowest BCUT2D eigenvalue weighted by Crippen LogP contribution is -2.49. The summed E-state index contributed by atoms with van der Waals surface area (Å²) in [6, 6.07) is 18.7. The predicted octanol–water partition coefficient (Wildman–Crippen LogP) is 2.91. The van der Waals surface area contributed by atoms with E-state index in [9.17, 15) is 15.0 Å². The lowest BCUT2D eigenvalue weighted by Gasteiger charge is -2.32. The number of carboxylic acids is 1. The van der Waals surface area contributed by atoms with Crippen LogP contribution in [0.25, 0.3) is 0 Å². The van der Waals surface area contributed by atoms with Gasteiger partial charge in [-0.1, -0.05) is 60.7 Å². The van der Waals surface area contributed by atoms with E-state index in [-0.39, 0.29) is 5.92 Å². The topological polar surface area (TPSA) is 60.8 Å². The third-order valence-electron chi connectivity index (χ3n) is 4.53. The first-order valence-electron chi connectivity index (χ1n) is 8.38. The number of carbonyl (C=O) groups is 1. The Hall–Kier alpha value is -2.17. The summed E-state index contributed by atoms with van der Waals surface area (Å²) in [4.78, 5) is 13.8.